The molecule has 0 spiro atoms. The van der Waals surface area contributed by atoms with Crippen LogP contribution in [0.3, 0.4) is 0 Å². The fourth-order valence-corrected chi connectivity index (χ4v) is 3.45. The molecule has 1 aliphatic rings. The van der Waals surface area contributed by atoms with Crippen LogP contribution in [0.15, 0.2) is 54.7 Å². The molecule has 2 aromatic carbocycles. The van der Waals surface area contributed by atoms with E-state index in [0.717, 1.165) is 34.9 Å². The van der Waals surface area contributed by atoms with Gasteiger partial charge in [-0.25, -0.2) is 9.97 Å². The summed E-state index contributed by atoms with van der Waals surface area (Å²) in [6.45, 7) is 1.79. The molecule has 160 valence electrons. The van der Waals surface area contributed by atoms with E-state index in [-0.39, 0.29) is 5.91 Å². The zero-order chi connectivity index (χ0) is 21.8. The summed E-state index contributed by atoms with van der Waals surface area (Å²) < 4.78 is 10.8. The van der Waals surface area contributed by atoms with Crippen LogP contribution in [0.5, 0.6) is 11.5 Å². The highest BCUT2D eigenvalue weighted by Gasteiger charge is 2.23. The van der Waals surface area contributed by atoms with Crippen LogP contribution in [0, 0.1) is 0 Å². The molecule has 1 N–H and O–H groups in total. The number of piperazine rings is 1. The molecule has 8 heteroatoms. The summed E-state index contributed by atoms with van der Waals surface area (Å²) >= 11 is 0. The van der Waals surface area contributed by atoms with E-state index in [1.807, 2.05) is 60.5 Å². The Morgan fingerprint density at radius 3 is 2.52 bits per heavy atom. The smallest absolute Gasteiger partial charge is 0.241 e. The second-order valence-electron chi connectivity index (χ2n) is 7.24. The predicted octanol–water partition coefficient (Wildman–Crippen LogP) is 3.18. The molecule has 2 heterocycles. The molecule has 0 atom stereocenters. The lowest BCUT2D eigenvalue weighted by molar-refractivity contribution is -0.129. The fraction of sp³-hybridized carbons (Fsp3) is 0.261. The maximum absolute atomic E-state index is 12.1. The van der Waals surface area contributed by atoms with E-state index >= 15 is 0 Å². The Hall–Kier alpha value is -3.81. The number of benzene rings is 2. The zero-order valence-corrected chi connectivity index (χ0v) is 17.8. The van der Waals surface area contributed by atoms with Gasteiger partial charge in [0.15, 0.2) is 0 Å². The molecular formula is C23H25N5O3. The van der Waals surface area contributed by atoms with Crippen molar-refractivity contribution in [1.82, 2.24) is 14.9 Å². The molecule has 0 aliphatic carbocycles. The van der Waals surface area contributed by atoms with Crippen molar-refractivity contribution in [2.75, 3.05) is 51.1 Å². The molecule has 3 aromatic rings. The SMILES string of the molecule is COc1ccc(-c2ccnc(Nc3ccc(N4CCN(C)C(=O)C4)c(OC)c3)n2)cc1. The van der Waals surface area contributed by atoms with Crippen molar-refractivity contribution in [1.29, 1.82) is 0 Å². The minimum atomic E-state index is 0.0965. The average Bonchev–Trinajstić information content (AvgIpc) is 2.81. The van der Waals surface area contributed by atoms with Crippen LogP contribution in [0.2, 0.25) is 0 Å². The molecule has 1 aromatic heterocycles. The van der Waals surface area contributed by atoms with Gasteiger partial charge in [0.1, 0.15) is 11.5 Å². The molecule has 1 fully saturated rings. The van der Waals surface area contributed by atoms with Gasteiger partial charge in [0.25, 0.3) is 0 Å². The fourth-order valence-electron chi connectivity index (χ4n) is 3.45. The van der Waals surface area contributed by atoms with Crippen molar-refractivity contribution in [2.24, 2.45) is 0 Å². The molecule has 0 saturated carbocycles. The van der Waals surface area contributed by atoms with Crippen LogP contribution < -0.4 is 19.7 Å². The topological polar surface area (TPSA) is 79.8 Å². The summed E-state index contributed by atoms with van der Waals surface area (Å²) in [5.41, 5.74) is 3.47. The number of amides is 1. The Morgan fingerprint density at radius 2 is 1.81 bits per heavy atom. The van der Waals surface area contributed by atoms with Crippen molar-refractivity contribution >= 4 is 23.2 Å². The van der Waals surface area contributed by atoms with Crippen LogP contribution >= 0.6 is 0 Å². The van der Waals surface area contributed by atoms with Gasteiger partial charge in [-0.05, 0) is 42.5 Å². The molecule has 0 radical (unpaired) electrons. The first-order chi connectivity index (χ1) is 15.1. The maximum Gasteiger partial charge on any atom is 0.241 e. The number of nitrogens with zero attached hydrogens (tertiary/aromatic N) is 4. The van der Waals surface area contributed by atoms with E-state index in [1.54, 1.807) is 25.3 Å². The number of carbonyl (C=O) groups is 1. The quantitative estimate of drug-likeness (QED) is 0.657. The van der Waals surface area contributed by atoms with Crippen LogP contribution in [-0.2, 0) is 4.79 Å². The molecule has 1 saturated heterocycles. The molecular weight excluding hydrogens is 394 g/mol. The van der Waals surface area contributed by atoms with Crippen molar-refractivity contribution in [2.45, 2.75) is 0 Å². The summed E-state index contributed by atoms with van der Waals surface area (Å²) in [4.78, 5) is 24.8. The highest BCUT2D eigenvalue weighted by molar-refractivity contribution is 5.83. The summed E-state index contributed by atoms with van der Waals surface area (Å²) in [7, 11) is 5.09. The van der Waals surface area contributed by atoms with E-state index < -0.39 is 0 Å². The molecule has 1 aliphatic heterocycles. The number of ether oxygens (including phenoxy) is 2. The number of carbonyl (C=O) groups excluding carboxylic acids is 1. The Balaban J connectivity index is 1.53. The van der Waals surface area contributed by atoms with E-state index in [1.165, 1.54) is 0 Å². The van der Waals surface area contributed by atoms with Crippen molar-refractivity contribution in [3.63, 3.8) is 0 Å². The molecule has 31 heavy (non-hydrogen) atoms. The van der Waals surface area contributed by atoms with Crippen LogP contribution in [-0.4, -0.2) is 61.7 Å². The summed E-state index contributed by atoms with van der Waals surface area (Å²) in [5, 5.41) is 3.24. The van der Waals surface area contributed by atoms with Gasteiger partial charge in [-0.15, -0.1) is 0 Å². The number of nitrogens with one attached hydrogen (secondary N) is 1. The number of likely N-dealkylation sites (N-methyl/N-ethyl adjacent to an activating group) is 1. The molecule has 8 nitrogen and oxygen atoms in total. The van der Waals surface area contributed by atoms with Crippen molar-refractivity contribution < 1.29 is 14.3 Å². The first kappa shape index (κ1) is 20.5. The number of hydrogen-bond acceptors (Lipinski definition) is 7. The van der Waals surface area contributed by atoms with Gasteiger partial charge in [-0.3, -0.25) is 4.79 Å². The predicted molar refractivity (Wildman–Crippen MR) is 120 cm³/mol. The normalized spacial score (nSPS) is 13.8. The largest absolute Gasteiger partial charge is 0.497 e. The number of rotatable bonds is 6. The standard InChI is InChI=1S/C23H25N5O3/c1-27-12-13-28(15-22(27)29)20-9-6-17(14-21(20)31-3)25-23-24-11-10-19(26-23)16-4-7-18(30-2)8-5-16/h4-11,14H,12-13,15H2,1-3H3,(H,24,25,26). The monoisotopic (exact) mass is 419 g/mol. The Morgan fingerprint density at radius 1 is 1.00 bits per heavy atom. The van der Waals surface area contributed by atoms with Gasteiger partial charge in [-0.2, -0.15) is 0 Å². The van der Waals surface area contributed by atoms with Gasteiger partial charge in [0.05, 0.1) is 32.1 Å². The lowest BCUT2D eigenvalue weighted by Gasteiger charge is -2.34. The first-order valence-corrected chi connectivity index (χ1v) is 9.99. The van der Waals surface area contributed by atoms with Gasteiger partial charge in [0, 0.05) is 43.7 Å². The molecule has 4 rings (SSSR count). The summed E-state index contributed by atoms with van der Waals surface area (Å²) in [6.07, 6.45) is 1.72. The van der Waals surface area contributed by atoms with Gasteiger partial charge < -0.3 is 24.6 Å². The van der Waals surface area contributed by atoms with E-state index in [9.17, 15) is 4.79 Å². The van der Waals surface area contributed by atoms with E-state index in [0.29, 0.717) is 24.8 Å². The third kappa shape index (κ3) is 4.53. The molecule has 0 bridgehead atoms. The van der Waals surface area contributed by atoms with Gasteiger partial charge in [-0.1, -0.05) is 0 Å². The Bertz CT molecular complexity index is 1070. The average molecular weight is 419 g/mol. The van der Waals surface area contributed by atoms with E-state index in [4.69, 9.17) is 9.47 Å². The van der Waals surface area contributed by atoms with Crippen LogP contribution in [0.1, 0.15) is 0 Å². The van der Waals surface area contributed by atoms with Gasteiger partial charge >= 0.3 is 0 Å². The Kier molecular flexibility index (Phi) is 5.88. The van der Waals surface area contributed by atoms with Crippen LogP contribution in [0.4, 0.5) is 17.3 Å². The second kappa shape index (κ2) is 8.91. The molecule has 1 amide bonds. The number of methoxy groups -OCH3 is 2. The number of aromatic nitrogens is 2. The minimum Gasteiger partial charge on any atom is -0.497 e. The van der Waals surface area contributed by atoms with Crippen LogP contribution in [0.25, 0.3) is 11.3 Å². The first-order valence-electron chi connectivity index (χ1n) is 9.99. The summed E-state index contributed by atoms with van der Waals surface area (Å²) in [5.74, 6) is 2.07. The number of anilines is 3. The van der Waals surface area contributed by atoms with E-state index in [2.05, 4.69) is 15.3 Å². The summed E-state index contributed by atoms with van der Waals surface area (Å²) in [6, 6.07) is 15.4. The highest BCUT2D eigenvalue weighted by atomic mass is 16.5. The van der Waals surface area contributed by atoms with Gasteiger partial charge in [0.2, 0.25) is 11.9 Å². The lowest BCUT2D eigenvalue weighted by atomic mass is 10.1. The van der Waals surface area contributed by atoms with Crippen molar-refractivity contribution in [3.8, 4) is 22.8 Å². The molecule has 0 unspecified atom stereocenters. The Labute approximate surface area is 181 Å². The minimum absolute atomic E-state index is 0.0965. The lowest BCUT2D eigenvalue weighted by Crippen LogP contribution is -2.48. The highest BCUT2D eigenvalue weighted by Crippen LogP contribution is 2.33. The number of hydrogen-bond donors (Lipinski definition) is 1. The second-order valence-corrected chi connectivity index (χ2v) is 7.24. The van der Waals surface area contributed by atoms with Crippen molar-refractivity contribution in [3.05, 3.63) is 54.7 Å². The third-order valence-corrected chi connectivity index (χ3v) is 5.28. The maximum atomic E-state index is 12.1. The zero-order valence-electron chi connectivity index (χ0n) is 17.8. The third-order valence-electron chi connectivity index (χ3n) is 5.28.